The van der Waals surface area contributed by atoms with Gasteiger partial charge in [-0.2, -0.15) is 0 Å². The third-order valence-electron chi connectivity index (χ3n) is 1.27. The summed E-state index contributed by atoms with van der Waals surface area (Å²) >= 11 is 5.17. The second kappa shape index (κ2) is 3.40. The van der Waals surface area contributed by atoms with Crippen LogP contribution in [0.25, 0.3) is 0 Å². The van der Waals surface area contributed by atoms with Crippen LogP contribution in [0, 0.1) is 0 Å². The van der Waals surface area contributed by atoms with Gasteiger partial charge in [-0.15, -0.1) is 0 Å². The lowest BCUT2D eigenvalue weighted by Crippen LogP contribution is -2.26. The van der Waals surface area contributed by atoms with Crippen LogP contribution in [0.3, 0.4) is 0 Å². The number of ether oxygens (including phenoxy) is 1. The third kappa shape index (κ3) is 4.70. The van der Waals surface area contributed by atoms with Crippen LogP contribution < -0.4 is 0 Å². The summed E-state index contributed by atoms with van der Waals surface area (Å²) in [5.74, 6) is -1.18. The van der Waals surface area contributed by atoms with Gasteiger partial charge in [-0.3, -0.25) is 0 Å². The topological polar surface area (TPSA) is 29.5 Å². The van der Waals surface area contributed by atoms with E-state index < -0.39 is 5.75 Å². The van der Waals surface area contributed by atoms with Crippen molar-refractivity contribution in [3.63, 3.8) is 0 Å². The molecule has 1 unspecified atom stereocenters. The van der Waals surface area contributed by atoms with E-state index in [1.165, 1.54) is 0 Å². The molecule has 0 rings (SSSR count). The highest BCUT2D eigenvalue weighted by molar-refractivity contribution is 6.18. The molecule has 2 nitrogen and oxygen atoms in total. The fourth-order valence-corrected chi connectivity index (χ4v) is 0.588. The molecule has 0 aromatic rings. The minimum Gasteiger partial charge on any atom is -0.356 e. The van der Waals surface area contributed by atoms with Crippen LogP contribution in [-0.2, 0) is 4.74 Å². The Morgan fingerprint density at radius 3 is 2.22 bits per heavy atom. The van der Waals surface area contributed by atoms with E-state index in [0.717, 1.165) is 6.42 Å². The van der Waals surface area contributed by atoms with Gasteiger partial charge in [0.1, 0.15) is 0 Å². The van der Waals surface area contributed by atoms with Crippen LogP contribution in [0.1, 0.15) is 27.2 Å². The van der Waals surface area contributed by atoms with E-state index in [4.69, 9.17) is 21.4 Å². The van der Waals surface area contributed by atoms with Crippen LogP contribution >= 0.6 is 11.6 Å². The zero-order valence-electron chi connectivity index (χ0n) is 6.02. The van der Waals surface area contributed by atoms with Crippen molar-refractivity contribution in [1.82, 2.24) is 0 Å². The first-order chi connectivity index (χ1) is 3.98. The van der Waals surface area contributed by atoms with Gasteiger partial charge in [-0.05, 0) is 20.3 Å². The van der Waals surface area contributed by atoms with Gasteiger partial charge in [0.15, 0.2) is 0 Å². The Bertz CT molecular complexity index is 81.1. The summed E-state index contributed by atoms with van der Waals surface area (Å²) in [6, 6.07) is 0. The van der Waals surface area contributed by atoms with Crippen LogP contribution in [-0.4, -0.2) is 16.5 Å². The maximum Gasteiger partial charge on any atom is 0.235 e. The molecule has 0 aromatic heterocycles. The molecule has 0 saturated carbocycles. The van der Waals surface area contributed by atoms with E-state index in [1.54, 1.807) is 0 Å². The maximum atomic E-state index is 8.56. The highest BCUT2D eigenvalue weighted by Crippen LogP contribution is 2.16. The second-order valence-corrected chi connectivity index (χ2v) is 2.90. The number of hydrogen-bond donors (Lipinski definition) is 1. The Kier molecular flexibility index (Phi) is 3.48. The predicted molar refractivity (Wildman–Crippen MR) is 37.3 cm³/mol. The zero-order valence-corrected chi connectivity index (χ0v) is 6.77. The first-order valence-electron chi connectivity index (χ1n) is 2.98. The summed E-state index contributed by atoms with van der Waals surface area (Å²) in [6.07, 6.45) is 0.830. The highest BCUT2D eigenvalue weighted by atomic mass is 35.5. The lowest BCUT2D eigenvalue weighted by atomic mass is 10.1. The summed E-state index contributed by atoms with van der Waals surface area (Å²) in [5, 5.41) is 8.56. The van der Waals surface area contributed by atoms with Crippen molar-refractivity contribution in [1.29, 1.82) is 0 Å². The van der Waals surface area contributed by atoms with Crippen LogP contribution in [0.4, 0.5) is 0 Å². The number of alkyl halides is 1. The van der Waals surface area contributed by atoms with E-state index >= 15 is 0 Å². The number of halogens is 1. The fraction of sp³-hybridized carbons (Fsp3) is 1.00. The molecule has 1 atom stereocenters. The summed E-state index contributed by atoms with van der Waals surface area (Å²) < 4.78 is 4.91. The smallest absolute Gasteiger partial charge is 0.235 e. The van der Waals surface area contributed by atoms with E-state index in [-0.39, 0.29) is 5.60 Å². The molecule has 3 heteroatoms. The first-order valence-corrected chi connectivity index (χ1v) is 3.41. The van der Waals surface area contributed by atoms with E-state index in [0.29, 0.717) is 0 Å². The second-order valence-electron chi connectivity index (χ2n) is 2.52. The molecule has 0 bridgehead atoms. The predicted octanol–water partition coefficient (Wildman–Crippen LogP) is 1.71. The van der Waals surface area contributed by atoms with Gasteiger partial charge in [-0.1, -0.05) is 18.5 Å². The molecule has 0 heterocycles. The number of aliphatic hydroxyl groups is 1. The summed E-state index contributed by atoms with van der Waals surface area (Å²) in [4.78, 5) is 0. The highest BCUT2D eigenvalue weighted by Gasteiger charge is 2.18. The van der Waals surface area contributed by atoms with Crippen molar-refractivity contribution >= 4 is 11.6 Å². The van der Waals surface area contributed by atoms with Gasteiger partial charge in [0, 0.05) is 0 Å². The molecule has 0 aliphatic heterocycles. The van der Waals surface area contributed by atoms with Crippen molar-refractivity contribution in [3.05, 3.63) is 0 Å². The SMILES string of the molecule is CCC(C)(C)OC(O)Cl. The van der Waals surface area contributed by atoms with Gasteiger partial charge in [-0.25, -0.2) is 0 Å². The Balaban J connectivity index is 3.58. The largest absolute Gasteiger partial charge is 0.356 e. The minimum atomic E-state index is -1.18. The van der Waals surface area contributed by atoms with E-state index in [2.05, 4.69) is 0 Å². The molecule has 0 fully saturated rings. The van der Waals surface area contributed by atoms with Crippen LogP contribution in [0.5, 0.6) is 0 Å². The molecule has 0 saturated heterocycles. The van der Waals surface area contributed by atoms with Crippen molar-refractivity contribution in [2.45, 2.75) is 38.5 Å². The average molecular weight is 153 g/mol. The molecular formula is C6H13ClO2. The fourth-order valence-electron chi connectivity index (χ4n) is 0.347. The Hall–Kier alpha value is 0.210. The van der Waals surface area contributed by atoms with Crippen molar-refractivity contribution in [3.8, 4) is 0 Å². The standard InChI is InChI=1S/C6H13ClO2/c1-4-6(2,3)9-5(7)8/h5,8H,4H2,1-3H3. The van der Waals surface area contributed by atoms with Gasteiger partial charge in [0.2, 0.25) is 5.75 Å². The lowest BCUT2D eigenvalue weighted by Gasteiger charge is -2.23. The summed E-state index contributed by atoms with van der Waals surface area (Å²) in [7, 11) is 0. The molecule has 56 valence electrons. The molecule has 0 aliphatic rings. The van der Waals surface area contributed by atoms with E-state index in [9.17, 15) is 0 Å². The van der Waals surface area contributed by atoms with Crippen LogP contribution in [0.2, 0.25) is 0 Å². The Morgan fingerprint density at radius 2 is 2.11 bits per heavy atom. The molecule has 0 spiro atoms. The van der Waals surface area contributed by atoms with Crippen molar-refractivity contribution in [2.24, 2.45) is 0 Å². The zero-order chi connectivity index (χ0) is 7.49. The summed E-state index contributed by atoms with van der Waals surface area (Å²) in [6.45, 7) is 5.72. The quantitative estimate of drug-likeness (QED) is 0.493. The lowest BCUT2D eigenvalue weighted by molar-refractivity contribution is -0.127. The van der Waals surface area contributed by atoms with Gasteiger partial charge < -0.3 is 9.84 Å². The number of aliphatic hydroxyl groups excluding tert-OH is 1. The average Bonchev–Trinajstić information content (AvgIpc) is 1.63. The maximum absolute atomic E-state index is 8.56. The molecule has 0 radical (unpaired) electrons. The van der Waals surface area contributed by atoms with Gasteiger partial charge in [0.05, 0.1) is 5.60 Å². The van der Waals surface area contributed by atoms with Crippen LogP contribution in [0.15, 0.2) is 0 Å². The molecule has 1 N–H and O–H groups in total. The van der Waals surface area contributed by atoms with Crippen molar-refractivity contribution in [2.75, 3.05) is 0 Å². The molecule has 9 heavy (non-hydrogen) atoms. The molecule has 0 aromatic carbocycles. The summed E-state index contributed by atoms with van der Waals surface area (Å²) in [5.41, 5.74) is -0.318. The third-order valence-corrected chi connectivity index (χ3v) is 1.36. The molecule has 0 amide bonds. The number of hydrogen-bond acceptors (Lipinski definition) is 2. The number of rotatable bonds is 3. The van der Waals surface area contributed by atoms with Gasteiger partial charge >= 0.3 is 0 Å². The monoisotopic (exact) mass is 152 g/mol. The minimum absolute atomic E-state index is 0.318. The van der Waals surface area contributed by atoms with Crippen molar-refractivity contribution < 1.29 is 9.84 Å². The normalized spacial score (nSPS) is 15.7. The Morgan fingerprint density at radius 1 is 1.67 bits per heavy atom. The van der Waals surface area contributed by atoms with Gasteiger partial charge in [0.25, 0.3) is 0 Å². The first kappa shape index (κ1) is 9.21. The Labute approximate surface area is 60.8 Å². The molecular weight excluding hydrogens is 140 g/mol. The molecule has 0 aliphatic carbocycles. The van der Waals surface area contributed by atoms with E-state index in [1.807, 2.05) is 20.8 Å².